The van der Waals surface area contributed by atoms with Crippen LogP contribution in [0.4, 0.5) is 0 Å². The van der Waals surface area contributed by atoms with Gasteiger partial charge in [-0.25, -0.2) is 0 Å². The molecule has 0 aromatic heterocycles. The Morgan fingerprint density at radius 2 is 1.40 bits per heavy atom. The zero-order valence-electron chi connectivity index (χ0n) is 12.0. The number of esters is 3. The van der Waals surface area contributed by atoms with Crippen LogP contribution in [0.5, 0.6) is 0 Å². The van der Waals surface area contributed by atoms with E-state index in [2.05, 4.69) is 5.32 Å². The quantitative estimate of drug-likeness (QED) is 0.538. The molecule has 20 heavy (non-hydrogen) atoms. The summed E-state index contributed by atoms with van der Waals surface area (Å²) >= 11 is 0. The van der Waals surface area contributed by atoms with E-state index in [-0.39, 0.29) is 26.4 Å². The second kappa shape index (κ2) is 7.84. The van der Waals surface area contributed by atoms with Gasteiger partial charge in [0.1, 0.15) is 6.04 Å². The molecule has 0 bridgehead atoms. The van der Waals surface area contributed by atoms with E-state index in [1.165, 1.54) is 0 Å². The molecule has 7 heteroatoms. The molecule has 1 N–H and O–H groups in total. The van der Waals surface area contributed by atoms with Crippen LogP contribution in [0, 0.1) is 11.8 Å². The molecule has 114 valence electrons. The molecule has 1 aliphatic heterocycles. The molecular weight excluding hydrogens is 266 g/mol. The first-order valence-electron chi connectivity index (χ1n) is 6.80. The molecule has 0 radical (unpaired) electrons. The van der Waals surface area contributed by atoms with Gasteiger partial charge in [0.15, 0.2) is 0 Å². The lowest BCUT2D eigenvalue weighted by Gasteiger charge is -2.20. The molecule has 1 aliphatic rings. The summed E-state index contributed by atoms with van der Waals surface area (Å²) in [5, 5.41) is 2.84. The molecule has 1 saturated heterocycles. The lowest BCUT2D eigenvalue weighted by Crippen LogP contribution is -2.42. The highest BCUT2D eigenvalue weighted by atomic mass is 16.5. The molecule has 1 rings (SSSR count). The Hall–Kier alpha value is -1.63. The highest BCUT2D eigenvalue weighted by molar-refractivity contribution is 5.90. The van der Waals surface area contributed by atoms with Crippen LogP contribution < -0.4 is 5.32 Å². The summed E-state index contributed by atoms with van der Waals surface area (Å²) in [5.74, 6) is -3.30. The number of ether oxygens (including phenoxy) is 3. The topological polar surface area (TPSA) is 90.9 Å². The Morgan fingerprint density at radius 1 is 0.900 bits per heavy atom. The van der Waals surface area contributed by atoms with Crippen molar-refractivity contribution in [1.29, 1.82) is 0 Å². The van der Waals surface area contributed by atoms with Crippen molar-refractivity contribution in [1.82, 2.24) is 5.32 Å². The largest absolute Gasteiger partial charge is 0.466 e. The first-order valence-corrected chi connectivity index (χ1v) is 6.80. The van der Waals surface area contributed by atoms with E-state index in [4.69, 9.17) is 14.2 Å². The summed E-state index contributed by atoms with van der Waals surface area (Å²) in [6, 6.07) is -0.872. The van der Waals surface area contributed by atoms with Crippen molar-refractivity contribution in [3.8, 4) is 0 Å². The maximum absolute atomic E-state index is 12.0. The van der Waals surface area contributed by atoms with Gasteiger partial charge in [-0.3, -0.25) is 14.4 Å². The number of rotatable bonds is 6. The van der Waals surface area contributed by atoms with Crippen molar-refractivity contribution in [2.75, 3.05) is 26.4 Å². The van der Waals surface area contributed by atoms with Crippen molar-refractivity contribution in [2.24, 2.45) is 11.8 Å². The highest BCUT2D eigenvalue weighted by Crippen LogP contribution is 2.26. The summed E-state index contributed by atoms with van der Waals surface area (Å²) in [4.78, 5) is 35.7. The fourth-order valence-electron chi connectivity index (χ4n) is 2.22. The van der Waals surface area contributed by atoms with Gasteiger partial charge >= 0.3 is 17.9 Å². The number of hydrogen-bond donors (Lipinski definition) is 1. The predicted molar refractivity (Wildman–Crippen MR) is 68.7 cm³/mol. The Balaban J connectivity index is 2.89. The van der Waals surface area contributed by atoms with Crippen LogP contribution >= 0.6 is 0 Å². The van der Waals surface area contributed by atoms with E-state index in [9.17, 15) is 14.4 Å². The molecule has 0 saturated carbocycles. The number of carbonyl (C=O) groups is 3. The van der Waals surface area contributed by atoms with Crippen LogP contribution in [0.15, 0.2) is 0 Å². The standard InChI is InChI=1S/C13H21NO6/c1-4-18-11(15)8-7-14-10(13(17)20-6-3)9(8)12(16)19-5-2/h8-10,14H,4-7H2,1-3H3. The normalized spacial score (nSPS) is 25.1. The zero-order valence-corrected chi connectivity index (χ0v) is 12.0. The first-order chi connectivity index (χ1) is 9.56. The van der Waals surface area contributed by atoms with Crippen molar-refractivity contribution in [2.45, 2.75) is 26.8 Å². The number of hydrogen-bond acceptors (Lipinski definition) is 7. The van der Waals surface area contributed by atoms with E-state index < -0.39 is 35.8 Å². The average Bonchev–Trinajstić information content (AvgIpc) is 2.84. The smallest absolute Gasteiger partial charge is 0.324 e. The third-order valence-electron chi connectivity index (χ3n) is 3.04. The van der Waals surface area contributed by atoms with Gasteiger partial charge in [-0.2, -0.15) is 0 Å². The van der Waals surface area contributed by atoms with E-state index in [0.717, 1.165) is 0 Å². The van der Waals surface area contributed by atoms with Gasteiger partial charge in [-0.05, 0) is 20.8 Å². The maximum Gasteiger partial charge on any atom is 0.324 e. The van der Waals surface area contributed by atoms with Crippen LogP contribution in [0.3, 0.4) is 0 Å². The molecule has 0 aromatic rings. The Bertz CT molecular complexity index is 344. The monoisotopic (exact) mass is 287 g/mol. The van der Waals surface area contributed by atoms with Crippen molar-refractivity contribution >= 4 is 17.9 Å². The first kappa shape index (κ1) is 16.4. The summed E-state index contributed by atoms with van der Waals surface area (Å²) in [6.07, 6.45) is 0. The zero-order chi connectivity index (χ0) is 15.1. The van der Waals surface area contributed by atoms with Gasteiger partial charge < -0.3 is 19.5 Å². The van der Waals surface area contributed by atoms with Crippen molar-refractivity contribution in [3.63, 3.8) is 0 Å². The van der Waals surface area contributed by atoms with E-state index in [0.29, 0.717) is 0 Å². The number of carbonyl (C=O) groups excluding carboxylic acids is 3. The molecule has 0 amide bonds. The van der Waals surface area contributed by atoms with E-state index in [1.807, 2.05) is 0 Å². The van der Waals surface area contributed by atoms with Crippen LogP contribution in [0.25, 0.3) is 0 Å². The summed E-state index contributed by atoms with van der Waals surface area (Å²) in [7, 11) is 0. The fraction of sp³-hybridized carbons (Fsp3) is 0.769. The van der Waals surface area contributed by atoms with Gasteiger partial charge in [0.25, 0.3) is 0 Å². The summed E-state index contributed by atoms with van der Waals surface area (Å²) in [5.41, 5.74) is 0. The third kappa shape index (κ3) is 3.69. The molecule has 3 unspecified atom stereocenters. The van der Waals surface area contributed by atoms with Gasteiger partial charge in [0.2, 0.25) is 0 Å². The minimum atomic E-state index is -0.909. The van der Waals surface area contributed by atoms with Gasteiger partial charge in [-0.15, -0.1) is 0 Å². The molecule has 1 heterocycles. The highest BCUT2D eigenvalue weighted by Gasteiger charge is 2.50. The van der Waals surface area contributed by atoms with E-state index >= 15 is 0 Å². The molecule has 0 spiro atoms. The maximum atomic E-state index is 12.0. The molecule has 0 aliphatic carbocycles. The minimum absolute atomic E-state index is 0.181. The van der Waals surface area contributed by atoms with Crippen LogP contribution in [0.1, 0.15) is 20.8 Å². The fourth-order valence-corrected chi connectivity index (χ4v) is 2.22. The second-order valence-electron chi connectivity index (χ2n) is 4.27. The molecule has 3 atom stereocenters. The summed E-state index contributed by atoms with van der Waals surface area (Å²) in [6.45, 7) is 5.81. The lowest BCUT2D eigenvalue weighted by atomic mass is 9.90. The number of nitrogens with one attached hydrogen (secondary N) is 1. The average molecular weight is 287 g/mol. The Labute approximate surface area is 117 Å². The van der Waals surface area contributed by atoms with E-state index in [1.54, 1.807) is 20.8 Å². The van der Waals surface area contributed by atoms with Gasteiger partial charge in [0.05, 0.1) is 31.7 Å². The van der Waals surface area contributed by atoms with Crippen LogP contribution in [-0.4, -0.2) is 50.3 Å². The minimum Gasteiger partial charge on any atom is -0.466 e. The third-order valence-corrected chi connectivity index (χ3v) is 3.04. The van der Waals surface area contributed by atoms with Crippen molar-refractivity contribution in [3.05, 3.63) is 0 Å². The second-order valence-corrected chi connectivity index (χ2v) is 4.27. The predicted octanol–water partition coefficient (Wildman–Crippen LogP) is -0.120. The van der Waals surface area contributed by atoms with Crippen LogP contribution in [0.2, 0.25) is 0 Å². The Kier molecular flexibility index (Phi) is 6.44. The molecule has 7 nitrogen and oxygen atoms in total. The SMILES string of the molecule is CCOC(=O)C1CNC(C(=O)OCC)C1C(=O)OCC. The van der Waals surface area contributed by atoms with Crippen LogP contribution in [-0.2, 0) is 28.6 Å². The Morgan fingerprint density at radius 3 is 1.95 bits per heavy atom. The van der Waals surface area contributed by atoms with Gasteiger partial charge in [-0.1, -0.05) is 0 Å². The molecular formula is C13H21NO6. The lowest BCUT2D eigenvalue weighted by molar-refractivity contribution is -0.162. The van der Waals surface area contributed by atoms with Crippen molar-refractivity contribution < 1.29 is 28.6 Å². The van der Waals surface area contributed by atoms with Gasteiger partial charge in [0, 0.05) is 6.54 Å². The molecule has 1 fully saturated rings. The molecule has 0 aromatic carbocycles. The summed E-state index contributed by atoms with van der Waals surface area (Å²) < 4.78 is 14.8.